The van der Waals surface area contributed by atoms with Crippen LogP contribution in [0.4, 0.5) is 5.69 Å². The highest BCUT2D eigenvalue weighted by molar-refractivity contribution is 5.97. The minimum atomic E-state index is -0.174. The van der Waals surface area contributed by atoms with Crippen LogP contribution in [0.15, 0.2) is 59.1 Å². The lowest BCUT2D eigenvalue weighted by Gasteiger charge is -2.17. The maximum Gasteiger partial charge on any atom is 0.253 e. The second kappa shape index (κ2) is 7.87. The van der Waals surface area contributed by atoms with Crippen LogP contribution in [-0.4, -0.2) is 39.9 Å². The van der Waals surface area contributed by atoms with E-state index in [1.165, 1.54) is 6.92 Å². The van der Waals surface area contributed by atoms with Crippen molar-refractivity contribution in [2.75, 3.05) is 18.4 Å². The van der Waals surface area contributed by atoms with Crippen molar-refractivity contribution < 1.29 is 14.1 Å². The first-order valence-electron chi connectivity index (χ1n) is 9.53. The average molecular weight is 390 g/mol. The van der Waals surface area contributed by atoms with Crippen molar-refractivity contribution in [3.63, 3.8) is 0 Å². The molecule has 4 rings (SSSR count). The van der Waals surface area contributed by atoms with Crippen molar-refractivity contribution in [3.05, 3.63) is 77.4 Å². The van der Waals surface area contributed by atoms with Gasteiger partial charge in [-0.05, 0) is 30.7 Å². The van der Waals surface area contributed by atoms with Gasteiger partial charge in [0.25, 0.3) is 5.91 Å². The lowest BCUT2D eigenvalue weighted by molar-refractivity contribution is -0.114. The van der Waals surface area contributed by atoms with Gasteiger partial charge >= 0.3 is 0 Å². The Hall–Kier alpha value is -3.48. The van der Waals surface area contributed by atoms with Gasteiger partial charge in [0.2, 0.25) is 11.8 Å². The molecule has 1 saturated heterocycles. The molecule has 0 bridgehead atoms. The molecule has 0 spiro atoms. The van der Waals surface area contributed by atoms with E-state index >= 15 is 0 Å². The summed E-state index contributed by atoms with van der Waals surface area (Å²) in [5.74, 6) is 0.876. The predicted octanol–water partition coefficient (Wildman–Crippen LogP) is 3.36. The maximum absolute atomic E-state index is 13.2. The molecule has 0 aliphatic carbocycles. The lowest BCUT2D eigenvalue weighted by atomic mass is 9.89. The number of carbonyl (C=O) groups is 2. The van der Waals surface area contributed by atoms with Gasteiger partial charge in [0.05, 0.1) is 5.92 Å². The smallest absolute Gasteiger partial charge is 0.253 e. The van der Waals surface area contributed by atoms with E-state index in [9.17, 15) is 9.59 Å². The van der Waals surface area contributed by atoms with Crippen LogP contribution in [0.3, 0.4) is 0 Å². The third-order valence-electron chi connectivity index (χ3n) is 5.13. The number of anilines is 1. The number of benzene rings is 2. The van der Waals surface area contributed by atoms with Crippen LogP contribution < -0.4 is 5.32 Å². The molecule has 1 aromatic heterocycles. The van der Waals surface area contributed by atoms with Gasteiger partial charge in [-0.25, -0.2) is 0 Å². The van der Waals surface area contributed by atoms with Crippen LogP contribution in [0.25, 0.3) is 0 Å². The van der Waals surface area contributed by atoms with E-state index in [1.807, 2.05) is 23.1 Å². The van der Waals surface area contributed by atoms with E-state index in [1.54, 1.807) is 31.2 Å². The van der Waals surface area contributed by atoms with Gasteiger partial charge in [-0.1, -0.05) is 41.6 Å². The molecule has 7 nitrogen and oxygen atoms in total. The van der Waals surface area contributed by atoms with E-state index in [0.29, 0.717) is 36.1 Å². The summed E-state index contributed by atoms with van der Waals surface area (Å²) in [6, 6.07) is 17.1. The van der Waals surface area contributed by atoms with Crippen LogP contribution in [0.1, 0.15) is 46.4 Å². The summed E-state index contributed by atoms with van der Waals surface area (Å²) in [6.45, 7) is 4.27. The van der Waals surface area contributed by atoms with Gasteiger partial charge in [0.15, 0.2) is 5.82 Å². The first-order chi connectivity index (χ1) is 14.0. The van der Waals surface area contributed by atoms with Crippen LogP contribution in [-0.2, 0) is 4.79 Å². The Labute approximate surface area is 168 Å². The summed E-state index contributed by atoms with van der Waals surface area (Å²) in [4.78, 5) is 30.7. The highest BCUT2D eigenvalue weighted by Crippen LogP contribution is 2.39. The van der Waals surface area contributed by atoms with Gasteiger partial charge in [-0.3, -0.25) is 9.59 Å². The highest BCUT2D eigenvalue weighted by Gasteiger charge is 2.40. The van der Waals surface area contributed by atoms with Gasteiger partial charge < -0.3 is 14.7 Å². The predicted molar refractivity (Wildman–Crippen MR) is 108 cm³/mol. The fraction of sp³-hybridized carbons (Fsp3) is 0.273. The quantitative estimate of drug-likeness (QED) is 0.738. The monoisotopic (exact) mass is 390 g/mol. The second-order valence-corrected chi connectivity index (χ2v) is 7.28. The minimum Gasteiger partial charge on any atom is -0.339 e. The molecule has 0 saturated carbocycles. The number of hydrogen-bond acceptors (Lipinski definition) is 5. The number of nitrogens with one attached hydrogen (secondary N) is 1. The molecule has 1 aliphatic rings. The Kier molecular flexibility index (Phi) is 5.12. The molecule has 3 aromatic rings. The highest BCUT2D eigenvalue weighted by atomic mass is 16.5. The van der Waals surface area contributed by atoms with Gasteiger partial charge in [-0.15, -0.1) is 0 Å². The lowest BCUT2D eigenvalue weighted by Crippen LogP contribution is -2.29. The number of aromatic nitrogens is 2. The molecular formula is C22H22N4O3. The number of rotatable bonds is 4. The molecule has 2 atom stereocenters. The van der Waals surface area contributed by atoms with Crippen molar-refractivity contribution in [1.29, 1.82) is 0 Å². The van der Waals surface area contributed by atoms with E-state index in [0.717, 1.165) is 5.56 Å². The Morgan fingerprint density at radius 1 is 1.07 bits per heavy atom. The van der Waals surface area contributed by atoms with Crippen molar-refractivity contribution in [3.8, 4) is 0 Å². The number of likely N-dealkylation sites (tertiary alicyclic amines) is 1. The first-order valence-corrected chi connectivity index (χ1v) is 9.53. The van der Waals surface area contributed by atoms with Crippen molar-refractivity contribution in [2.24, 2.45) is 0 Å². The first kappa shape index (κ1) is 18.9. The molecule has 1 fully saturated rings. The number of amides is 2. The molecule has 2 amide bonds. The third kappa shape index (κ3) is 4.03. The zero-order chi connectivity index (χ0) is 20.4. The Morgan fingerprint density at radius 3 is 2.52 bits per heavy atom. The van der Waals surface area contributed by atoms with E-state index in [4.69, 9.17) is 4.52 Å². The van der Waals surface area contributed by atoms with Crippen molar-refractivity contribution in [1.82, 2.24) is 15.0 Å². The normalized spacial score (nSPS) is 18.6. The van der Waals surface area contributed by atoms with Crippen molar-refractivity contribution >= 4 is 17.5 Å². The van der Waals surface area contributed by atoms with Crippen LogP contribution in [0, 0.1) is 6.92 Å². The second-order valence-electron chi connectivity index (χ2n) is 7.28. The summed E-state index contributed by atoms with van der Waals surface area (Å²) in [5, 5.41) is 6.65. The summed E-state index contributed by atoms with van der Waals surface area (Å²) in [7, 11) is 0. The minimum absolute atomic E-state index is 0.0681. The fourth-order valence-electron chi connectivity index (χ4n) is 3.84. The molecule has 2 aromatic carbocycles. The topological polar surface area (TPSA) is 88.3 Å². The van der Waals surface area contributed by atoms with Gasteiger partial charge in [0.1, 0.15) is 0 Å². The zero-order valence-electron chi connectivity index (χ0n) is 16.3. The zero-order valence-corrected chi connectivity index (χ0v) is 16.3. The van der Waals surface area contributed by atoms with Gasteiger partial charge in [-0.2, -0.15) is 4.98 Å². The molecule has 0 unspecified atom stereocenters. The molecular weight excluding hydrogens is 368 g/mol. The number of carbonyl (C=O) groups excluding carboxylic acids is 2. The van der Waals surface area contributed by atoms with E-state index < -0.39 is 0 Å². The fourth-order valence-corrected chi connectivity index (χ4v) is 3.84. The van der Waals surface area contributed by atoms with Crippen LogP contribution in [0.5, 0.6) is 0 Å². The third-order valence-corrected chi connectivity index (χ3v) is 5.13. The number of aryl methyl sites for hydroxylation is 1. The number of nitrogens with zero attached hydrogens (tertiary/aromatic N) is 3. The van der Waals surface area contributed by atoms with Gasteiger partial charge in [0, 0.05) is 37.2 Å². The standard InChI is InChI=1S/C22H22N4O3/c1-14-23-21(29-25-14)20-13-26(12-19(20)16-7-4-3-5-8-16)22(28)17-9-6-10-18(11-17)24-15(2)27/h3-11,19-20H,12-13H2,1-2H3,(H,24,27)/t19-,20+/m0/s1. The molecule has 0 radical (unpaired) electrons. The summed E-state index contributed by atoms with van der Waals surface area (Å²) >= 11 is 0. The van der Waals surface area contributed by atoms with E-state index in [2.05, 4.69) is 27.6 Å². The molecule has 29 heavy (non-hydrogen) atoms. The largest absolute Gasteiger partial charge is 0.339 e. The summed E-state index contributed by atoms with van der Waals surface area (Å²) < 4.78 is 5.45. The summed E-state index contributed by atoms with van der Waals surface area (Å²) in [5.41, 5.74) is 2.27. The molecule has 148 valence electrons. The Bertz CT molecular complexity index is 1030. The summed E-state index contributed by atoms with van der Waals surface area (Å²) in [6.07, 6.45) is 0. The molecule has 7 heteroatoms. The van der Waals surface area contributed by atoms with Crippen LogP contribution >= 0.6 is 0 Å². The Balaban J connectivity index is 1.62. The van der Waals surface area contributed by atoms with Crippen molar-refractivity contribution in [2.45, 2.75) is 25.7 Å². The SMILES string of the molecule is CC(=O)Nc1cccc(C(=O)N2C[C@@H](c3ccccc3)[C@H](c3nc(C)no3)C2)c1. The maximum atomic E-state index is 13.2. The average Bonchev–Trinajstić information content (AvgIpc) is 3.34. The molecule has 1 N–H and O–H groups in total. The number of hydrogen-bond donors (Lipinski definition) is 1. The molecule has 2 heterocycles. The molecule has 1 aliphatic heterocycles. The van der Waals surface area contributed by atoms with Crippen LogP contribution in [0.2, 0.25) is 0 Å². The Morgan fingerprint density at radius 2 is 1.83 bits per heavy atom. The van der Waals surface area contributed by atoms with E-state index in [-0.39, 0.29) is 23.7 Å².